The number of rotatable bonds is 6. The molecule has 0 saturated heterocycles. The van der Waals surface area contributed by atoms with Crippen LogP contribution in [0.2, 0.25) is 0 Å². The van der Waals surface area contributed by atoms with E-state index in [1.807, 2.05) is 12.4 Å². The summed E-state index contributed by atoms with van der Waals surface area (Å²) in [6.45, 7) is 4.20. The van der Waals surface area contributed by atoms with Gasteiger partial charge in [0.1, 0.15) is 5.01 Å². The van der Waals surface area contributed by atoms with E-state index >= 15 is 0 Å². The van der Waals surface area contributed by atoms with Gasteiger partial charge >= 0.3 is 0 Å². The molecule has 0 radical (unpaired) electrons. The van der Waals surface area contributed by atoms with Gasteiger partial charge in [-0.1, -0.05) is 6.92 Å². The minimum Gasteiger partial charge on any atom is -0.312 e. The molecule has 0 aromatic carbocycles. The molecule has 1 N–H and O–H groups in total. The highest BCUT2D eigenvalue weighted by atomic mass is 79.9. The smallest absolute Gasteiger partial charge is 0.125 e. The lowest BCUT2D eigenvalue weighted by Gasteiger charge is -2.01. The van der Waals surface area contributed by atoms with Crippen LogP contribution in [-0.4, -0.2) is 16.5 Å². The first kappa shape index (κ1) is 14.2. The molecular formula is C15H18BrN3S. The maximum absolute atomic E-state index is 4.88. The maximum Gasteiger partial charge on any atom is 0.125 e. The summed E-state index contributed by atoms with van der Waals surface area (Å²) in [7, 11) is 0. The molecule has 5 heteroatoms. The normalized spacial score (nSPS) is 14.7. The fourth-order valence-electron chi connectivity index (χ4n) is 2.20. The number of nitrogens with one attached hydrogen (secondary N) is 1. The monoisotopic (exact) mass is 351 g/mol. The molecule has 0 aliphatic heterocycles. The van der Waals surface area contributed by atoms with Crippen molar-refractivity contribution in [2.24, 2.45) is 0 Å². The van der Waals surface area contributed by atoms with Crippen LogP contribution in [0.15, 0.2) is 22.9 Å². The van der Waals surface area contributed by atoms with E-state index in [9.17, 15) is 0 Å². The van der Waals surface area contributed by atoms with Gasteiger partial charge in [0.2, 0.25) is 0 Å². The molecule has 0 unspecified atom stereocenters. The van der Waals surface area contributed by atoms with Gasteiger partial charge in [0.05, 0.1) is 5.69 Å². The first-order chi connectivity index (χ1) is 9.78. The second-order valence-electron chi connectivity index (χ2n) is 5.17. The second-order valence-corrected chi connectivity index (χ2v) is 7.17. The third-order valence-electron chi connectivity index (χ3n) is 3.36. The molecule has 20 heavy (non-hydrogen) atoms. The summed E-state index contributed by atoms with van der Waals surface area (Å²) in [6, 6.07) is 2.09. The van der Waals surface area contributed by atoms with Gasteiger partial charge in [0, 0.05) is 39.8 Å². The van der Waals surface area contributed by atoms with Crippen LogP contribution in [0, 0.1) is 0 Å². The lowest BCUT2D eigenvalue weighted by molar-refractivity contribution is 0.676. The van der Waals surface area contributed by atoms with Gasteiger partial charge in [0.25, 0.3) is 0 Å². The van der Waals surface area contributed by atoms with Crippen LogP contribution in [0.3, 0.4) is 0 Å². The van der Waals surface area contributed by atoms with E-state index in [0.29, 0.717) is 5.92 Å². The molecule has 1 fully saturated rings. The van der Waals surface area contributed by atoms with Crippen molar-refractivity contribution in [3.8, 4) is 10.6 Å². The number of hydrogen-bond donors (Lipinski definition) is 1. The number of thiazole rings is 1. The van der Waals surface area contributed by atoms with Crippen molar-refractivity contribution >= 4 is 27.3 Å². The molecule has 0 spiro atoms. The van der Waals surface area contributed by atoms with Crippen LogP contribution in [-0.2, 0) is 6.54 Å². The van der Waals surface area contributed by atoms with Crippen molar-refractivity contribution in [3.63, 3.8) is 0 Å². The Labute approximate surface area is 132 Å². The summed E-state index contributed by atoms with van der Waals surface area (Å²) in [5.41, 5.74) is 2.42. The quantitative estimate of drug-likeness (QED) is 0.786. The Morgan fingerprint density at radius 3 is 2.95 bits per heavy atom. The Morgan fingerprint density at radius 2 is 2.25 bits per heavy atom. The zero-order valence-corrected chi connectivity index (χ0v) is 13.9. The van der Waals surface area contributed by atoms with Gasteiger partial charge in [-0.2, -0.15) is 0 Å². The average Bonchev–Trinajstić information content (AvgIpc) is 3.20. The lowest BCUT2D eigenvalue weighted by Crippen LogP contribution is -2.13. The van der Waals surface area contributed by atoms with Gasteiger partial charge in [-0.25, -0.2) is 4.98 Å². The SMILES string of the molecule is CCCNCc1sc(-c2cncc(Br)c2)nc1C1CC1. The predicted molar refractivity (Wildman–Crippen MR) is 87.0 cm³/mol. The summed E-state index contributed by atoms with van der Waals surface area (Å²) in [5.74, 6) is 0.693. The Balaban J connectivity index is 1.86. The number of nitrogens with zero attached hydrogens (tertiary/aromatic N) is 2. The van der Waals surface area contributed by atoms with Gasteiger partial charge in [-0.3, -0.25) is 4.98 Å². The number of pyridine rings is 1. The van der Waals surface area contributed by atoms with E-state index in [-0.39, 0.29) is 0 Å². The van der Waals surface area contributed by atoms with E-state index < -0.39 is 0 Å². The first-order valence-electron chi connectivity index (χ1n) is 7.09. The van der Waals surface area contributed by atoms with Gasteiger partial charge in [-0.05, 0) is 47.8 Å². The molecule has 1 aliphatic rings. The van der Waals surface area contributed by atoms with Crippen molar-refractivity contribution in [1.29, 1.82) is 0 Å². The van der Waals surface area contributed by atoms with Crippen LogP contribution in [0.1, 0.15) is 42.7 Å². The molecule has 2 aromatic heterocycles. The Morgan fingerprint density at radius 1 is 1.40 bits per heavy atom. The zero-order valence-electron chi connectivity index (χ0n) is 11.5. The standard InChI is InChI=1S/C15H18BrN3S/c1-2-5-17-9-13-14(10-3-4-10)19-15(20-13)11-6-12(16)8-18-7-11/h6-8,10,17H,2-5,9H2,1H3. The van der Waals surface area contributed by atoms with Crippen LogP contribution >= 0.6 is 27.3 Å². The average molecular weight is 352 g/mol. The predicted octanol–water partition coefficient (Wildman–Crippen LogP) is 4.34. The highest BCUT2D eigenvalue weighted by Gasteiger charge is 2.29. The van der Waals surface area contributed by atoms with Crippen molar-refractivity contribution < 1.29 is 0 Å². The van der Waals surface area contributed by atoms with Crippen LogP contribution in [0.25, 0.3) is 10.6 Å². The summed E-state index contributed by atoms with van der Waals surface area (Å²) in [5, 5.41) is 4.59. The Bertz CT molecular complexity index is 593. The minimum atomic E-state index is 0.693. The highest BCUT2D eigenvalue weighted by molar-refractivity contribution is 9.10. The molecule has 2 aromatic rings. The second kappa shape index (κ2) is 6.33. The third kappa shape index (κ3) is 3.27. The molecule has 1 aliphatic carbocycles. The lowest BCUT2D eigenvalue weighted by atomic mass is 10.2. The molecule has 0 amide bonds. The molecule has 1 saturated carbocycles. The topological polar surface area (TPSA) is 37.8 Å². The number of halogens is 1. The van der Waals surface area contributed by atoms with E-state index in [0.717, 1.165) is 28.1 Å². The van der Waals surface area contributed by atoms with Crippen molar-refractivity contribution in [3.05, 3.63) is 33.5 Å². The molecule has 0 atom stereocenters. The largest absolute Gasteiger partial charge is 0.312 e. The molecule has 0 bridgehead atoms. The van der Waals surface area contributed by atoms with Crippen molar-refractivity contribution in [1.82, 2.24) is 15.3 Å². The van der Waals surface area contributed by atoms with Crippen molar-refractivity contribution in [2.45, 2.75) is 38.6 Å². The highest BCUT2D eigenvalue weighted by Crippen LogP contribution is 2.44. The fourth-order valence-corrected chi connectivity index (χ4v) is 3.66. The third-order valence-corrected chi connectivity index (χ3v) is 4.91. The van der Waals surface area contributed by atoms with Crippen LogP contribution in [0.5, 0.6) is 0 Å². The Hall–Kier alpha value is -0.780. The number of hydrogen-bond acceptors (Lipinski definition) is 4. The molecule has 3 rings (SSSR count). The zero-order chi connectivity index (χ0) is 13.9. The minimum absolute atomic E-state index is 0.693. The van der Waals surface area contributed by atoms with Crippen molar-refractivity contribution in [2.75, 3.05) is 6.54 Å². The summed E-state index contributed by atoms with van der Waals surface area (Å²) in [6.07, 6.45) is 7.45. The molecule has 106 valence electrons. The van der Waals surface area contributed by atoms with E-state index in [2.05, 4.69) is 39.2 Å². The van der Waals surface area contributed by atoms with Gasteiger partial charge in [0.15, 0.2) is 0 Å². The maximum atomic E-state index is 4.88. The van der Waals surface area contributed by atoms with E-state index in [4.69, 9.17) is 4.98 Å². The van der Waals surface area contributed by atoms with Gasteiger partial charge in [-0.15, -0.1) is 11.3 Å². The van der Waals surface area contributed by atoms with E-state index in [1.165, 1.54) is 29.8 Å². The fraction of sp³-hybridized carbons (Fsp3) is 0.467. The summed E-state index contributed by atoms with van der Waals surface area (Å²) >= 11 is 5.28. The molecule has 3 nitrogen and oxygen atoms in total. The molecular weight excluding hydrogens is 334 g/mol. The van der Waals surface area contributed by atoms with Gasteiger partial charge < -0.3 is 5.32 Å². The molecule has 2 heterocycles. The number of aromatic nitrogens is 2. The van der Waals surface area contributed by atoms with Crippen LogP contribution in [0.4, 0.5) is 0 Å². The summed E-state index contributed by atoms with van der Waals surface area (Å²) < 4.78 is 1.00. The summed E-state index contributed by atoms with van der Waals surface area (Å²) in [4.78, 5) is 10.5. The van der Waals surface area contributed by atoms with E-state index in [1.54, 1.807) is 11.3 Å². The Kier molecular flexibility index (Phi) is 4.48. The van der Waals surface area contributed by atoms with Crippen LogP contribution < -0.4 is 5.32 Å². The first-order valence-corrected chi connectivity index (χ1v) is 8.70.